The van der Waals surface area contributed by atoms with Gasteiger partial charge in [0.1, 0.15) is 5.76 Å². The quantitative estimate of drug-likeness (QED) is 0.701. The SMILES string of the molecule is O=C(NCC(=O)N1CCC(C(=O)O)(c2ccccc2)CC1)NCc1ccco1. The fourth-order valence-electron chi connectivity index (χ4n) is 3.43. The number of nitrogens with zero attached hydrogens (tertiary/aromatic N) is 1. The molecule has 2 heterocycles. The molecule has 0 atom stereocenters. The van der Waals surface area contributed by atoms with Gasteiger partial charge >= 0.3 is 12.0 Å². The molecule has 0 unspecified atom stereocenters. The number of hydrogen-bond donors (Lipinski definition) is 3. The number of carboxylic acids is 1. The molecule has 0 saturated carbocycles. The fraction of sp³-hybridized carbons (Fsp3) is 0.350. The van der Waals surface area contributed by atoms with Gasteiger partial charge < -0.3 is 25.1 Å². The number of carbonyl (C=O) groups excluding carboxylic acids is 2. The maximum Gasteiger partial charge on any atom is 0.315 e. The highest BCUT2D eigenvalue weighted by molar-refractivity contribution is 5.85. The molecular formula is C20H23N3O5. The Morgan fingerprint density at radius 2 is 1.75 bits per heavy atom. The maximum atomic E-state index is 12.4. The number of rotatable bonds is 6. The monoisotopic (exact) mass is 385 g/mol. The summed E-state index contributed by atoms with van der Waals surface area (Å²) >= 11 is 0. The first kappa shape index (κ1) is 19.5. The zero-order chi connectivity index (χ0) is 20.0. The molecule has 0 radical (unpaired) electrons. The molecule has 2 aromatic rings. The average Bonchev–Trinajstić information content (AvgIpc) is 3.24. The molecule has 1 aromatic carbocycles. The minimum Gasteiger partial charge on any atom is -0.481 e. The van der Waals surface area contributed by atoms with Gasteiger partial charge in [-0.1, -0.05) is 30.3 Å². The molecule has 8 nitrogen and oxygen atoms in total. The average molecular weight is 385 g/mol. The third kappa shape index (κ3) is 4.33. The van der Waals surface area contributed by atoms with Gasteiger partial charge in [0.05, 0.1) is 24.8 Å². The molecule has 1 aromatic heterocycles. The van der Waals surface area contributed by atoms with Gasteiger partial charge in [-0.2, -0.15) is 0 Å². The Morgan fingerprint density at radius 3 is 2.36 bits per heavy atom. The number of piperidine rings is 1. The van der Waals surface area contributed by atoms with Gasteiger partial charge in [0.15, 0.2) is 0 Å². The Bertz CT molecular complexity index is 812. The van der Waals surface area contributed by atoms with Crippen LogP contribution < -0.4 is 10.6 Å². The Kier molecular flexibility index (Phi) is 5.98. The number of benzene rings is 1. The molecule has 1 fully saturated rings. The number of hydrogen-bond acceptors (Lipinski definition) is 4. The molecular weight excluding hydrogens is 362 g/mol. The molecule has 1 aliphatic heterocycles. The van der Waals surface area contributed by atoms with Crippen molar-refractivity contribution in [1.29, 1.82) is 0 Å². The molecule has 0 aliphatic carbocycles. The zero-order valence-corrected chi connectivity index (χ0v) is 15.4. The lowest BCUT2D eigenvalue weighted by molar-refractivity contribution is -0.148. The number of likely N-dealkylation sites (tertiary alicyclic amines) is 1. The highest BCUT2D eigenvalue weighted by atomic mass is 16.4. The van der Waals surface area contributed by atoms with Crippen LogP contribution in [0.2, 0.25) is 0 Å². The van der Waals surface area contributed by atoms with Crippen LogP contribution in [0.1, 0.15) is 24.2 Å². The van der Waals surface area contributed by atoms with Crippen LogP contribution in [-0.2, 0) is 21.5 Å². The Hall–Kier alpha value is -3.29. The third-order valence-electron chi connectivity index (χ3n) is 5.11. The smallest absolute Gasteiger partial charge is 0.315 e. The van der Waals surface area contributed by atoms with E-state index in [1.165, 1.54) is 6.26 Å². The van der Waals surface area contributed by atoms with E-state index in [0.29, 0.717) is 31.7 Å². The number of nitrogens with one attached hydrogen (secondary N) is 2. The maximum absolute atomic E-state index is 12.4. The van der Waals surface area contributed by atoms with Gasteiger partial charge in [0.2, 0.25) is 5.91 Å². The second kappa shape index (κ2) is 8.60. The van der Waals surface area contributed by atoms with Crippen LogP contribution in [0.4, 0.5) is 4.79 Å². The van der Waals surface area contributed by atoms with Gasteiger partial charge in [-0.3, -0.25) is 9.59 Å². The van der Waals surface area contributed by atoms with Gasteiger partial charge in [0, 0.05) is 13.1 Å². The van der Waals surface area contributed by atoms with Crippen LogP contribution in [-0.4, -0.2) is 47.5 Å². The van der Waals surface area contributed by atoms with Crippen LogP contribution in [0, 0.1) is 0 Å². The molecule has 148 valence electrons. The van der Waals surface area contributed by atoms with E-state index in [-0.39, 0.29) is 19.0 Å². The predicted molar refractivity (Wildman–Crippen MR) is 101 cm³/mol. The van der Waals surface area contributed by atoms with Crippen molar-refractivity contribution in [1.82, 2.24) is 15.5 Å². The summed E-state index contributed by atoms with van der Waals surface area (Å²) in [5.74, 6) is -0.496. The van der Waals surface area contributed by atoms with Crippen molar-refractivity contribution < 1.29 is 23.9 Å². The Morgan fingerprint density at radius 1 is 1.04 bits per heavy atom. The fourth-order valence-corrected chi connectivity index (χ4v) is 3.43. The molecule has 28 heavy (non-hydrogen) atoms. The second-order valence-electron chi connectivity index (χ2n) is 6.75. The predicted octanol–water partition coefficient (Wildman–Crippen LogP) is 1.72. The van der Waals surface area contributed by atoms with E-state index >= 15 is 0 Å². The number of furan rings is 1. The van der Waals surface area contributed by atoms with Crippen LogP contribution in [0.25, 0.3) is 0 Å². The van der Waals surface area contributed by atoms with Gasteiger partial charge in [0.25, 0.3) is 0 Å². The summed E-state index contributed by atoms with van der Waals surface area (Å²) in [5, 5.41) is 14.9. The summed E-state index contributed by atoms with van der Waals surface area (Å²) in [6.07, 6.45) is 2.19. The molecule has 0 spiro atoms. The minimum absolute atomic E-state index is 0.143. The lowest BCUT2D eigenvalue weighted by Crippen LogP contribution is -2.51. The van der Waals surface area contributed by atoms with Crippen molar-refractivity contribution in [2.75, 3.05) is 19.6 Å². The van der Waals surface area contributed by atoms with Crippen molar-refractivity contribution >= 4 is 17.9 Å². The first-order valence-corrected chi connectivity index (χ1v) is 9.12. The van der Waals surface area contributed by atoms with E-state index in [9.17, 15) is 19.5 Å². The van der Waals surface area contributed by atoms with Crippen molar-refractivity contribution in [3.05, 3.63) is 60.1 Å². The Labute approximate surface area is 162 Å². The number of aliphatic carboxylic acids is 1. The van der Waals surface area contributed by atoms with E-state index in [2.05, 4.69) is 10.6 Å². The van der Waals surface area contributed by atoms with Gasteiger partial charge in [-0.05, 0) is 30.5 Å². The topological polar surface area (TPSA) is 112 Å². The van der Waals surface area contributed by atoms with E-state index in [4.69, 9.17) is 4.42 Å². The van der Waals surface area contributed by atoms with E-state index in [1.807, 2.05) is 30.3 Å². The lowest BCUT2D eigenvalue weighted by Gasteiger charge is -2.39. The standard InChI is InChI=1S/C20H23N3O5/c24-17(14-22-19(27)21-13-16-7-4-12-28-16)23-10-8-20(9-11-23,18(25)26)15-5-2-1-3-6-15/h1-7,12H,8-11,13-14H2,(H,25,26)(H2,21,22,27). The van der Waals surface area contributed by atoms with Crippen molar-refractivity contribution in [2.45, 2.75) is 24.8 Å². The van der Waals surface area contributed by atoms with Crippen molar-refractivity contribution in [2.24, 2.45) is 0 Å². The molecule has 0 bridgehead atoms. The summed E-state index contributed by atoms with van der Waals surface area (Å²) in [6.45, 7) is 0.746. The van der Waals surface area contributed by atoms with Gasteiger partial charge in [-0.25, -0.2) is 4.79 Å². The van der Waals surface area contributed by atoms with Crippen LogP contribution >= 0.6 is 0 Å². The molecule has 3 amide bonds. The first-order chi connectivity index (χ1) is 13.5. The van der Waals surface area contributed by atoms with E-state index in [1.54, 1.807) is 17.0 Å². The molecule has 3 rings (SSSR count). The zero-order valence-electron chi connectivity index (χ0n) is 15.4. The molecule has 8 heteroatoms. The molecule has 3 N–H and O–H groups in total. The molecule has 1 saturated heterocycles. The van der Waals surface area contributed by atoms with Crippen LogP contribution in [0.5, 0.6) is 0 Å². The normalized spacial score (nSPS) is 15.6. The minimum atomic E-state index is -0.980. The largest absolute Gasteiger partial charge is 0.481 e. The summed E-state index contributed by atoms with van der Waals surface area (Å²) < 4.78 is 5.11. The Balaban J connectivity index is 1.49. The number of urea groups is 1. The lowest BCUT2D eigenvalue weighted by atomic mass is 9.73. The summed E-state index contributed by atoms with van der Waals surface area (Å²) in [7, 11) is 0. The highest BCUT2D eigenvalue weighted by Gasteiger charge is 2.43. The van der Waals surface area contributed by atoms with Crippen molar-refractivity contribution in [3.8, 4) is 0 Å². The van der Waals surface area contributed by atoms with Crippen LogP contribution in [0.15, 0.2) is 53.1 Å². The van der Waals surface area contributed by atoms with Gasteiger partial charge in [-0.15, -0.1) is 0 Å². The summed E-state index contributed by atoms with van der Waals surface area (Å²) in [5.41, 5.74) is -0.226. The molecule has 1 aliphatic rings. The number of amides is 3. The first-order valence-electron chi connectivity index (χ1n) is 9.12. The van der Waals surface area contributed by atoms with Crippen LogP contribution in [0.3, 0.4) is 0 Å². The van der Waals surface area contributed by atoms with E-state index < -0.39 is 17.4 Å². The third-order valence-corrected chi connectivity index (χ3v) is 5.11. The summed E-state index contributed by atoms with van der Waals surface area (Å²) in [6, 6.07) is 12.1. The number of carbonyl (C=O) groups is 3. The number of carboxylic acid groups (broad SMARTS) is 1. The van der Waals surface area contributed by atoms with E-state index in [0.717, 1.165) is 5.56 Å². The summed E-state index contributed by atoms with van der Waals surface area (Å²) in [4.78, 5) is 37.7. The van der Waals surface area contributed by atoms with Crippen molar-refractivity contribution in [3.63, 3.8) is 0 Å². The second-order valence-corrected chi connectivity index (χ2v) is 6.75. The highest BCUT2D eigenvalue weighted by Crippen LogP contribution is 2.35.